The third-order valence-electron chi connectivity index (χ3n) is 7.30. The van der Waals surface area contributed by atoms with Crippen LogP contribution in [0, 0.1) is 11.7 Å². The van der Waals surface area contributed by atoms with Gasteiger partial charge >= 0.3 is 0 Å². The first-order valence-corrected chi connectivity index (χ1v) is 15.0. The summed E-state index contributed by atoms with van der Waals surface area (Å²) in [6.07, 6.45) is 3.16. The second-order valence-corrected chi connectivity index (χ2v) is 11.8. The summed E-state index contributed by atoms with van der Waals surface area (Å²) in [5.41, 5.74) is 2.63. The van der Waals surface area contributed by atoms with Crippen LogP contribution >= 0.6 is 11.3 Å². The van der Waals surface area contributed by atoms with E-state index >= 15 is 0 Å². The largest absolute Gasteiger partial charge is 0.348 e. The number of nitrogens with one attached hydrogen (secondary N) is 2. The highest BCUT2D eigenvalue weighted by Crippen LogP contribution is 2.28. The van der Waals surface area contributed by atoms with E-state index < -0.39 is 12.1 Å². The molecule has 2 amide bonds. The lowest BCUT2D eigenvalue weighted by Crippen LogP contribution is -2.48. The highest BCUT2D eigenvalue weighted by Gasteiger charge is 2.26. The number of fused-ring (bicyclic) bond motifs is 1. The minimum atomic E-state index is -0.756. The van der Waals surface area contributed by atoms with Crippen LogP contribution in [0.4, 0.5) is 4.39 Å². The molecule has 4 rings (SSSR count). The van der Waals surface area contributed by atoms with Crippen molar-refractivity contribution in [1.82, 2.24) is 20.2 Å². The Morgan fingerprint density at radius 1 is 1.00 bits per heavy atom. The first-order valence-electron chi connectivity index (χ1n) is 14.1. The van der Waals surface area contributed by atoms with Crippen molar-refractivity contribution in [2.24, 2.45) is 5.92 Å². The fourth-order valence-corrected chi connectivity index (χ4v) is 5.91. The number of hydrogen-bond acceptors (Lipinski definition) is 4. The van der Waals surface area contributed by atoms with Crippen molar-refractivity contribution in [1.29, 1.82) is 0 Å². The van der Waals surface area contributed by atoms with E-state index in [0.29, 0.717) is 23.6 Å². The lowest BCUT2D eigenvalue weighted by molar-refractivity contribution is -0.124. The zero-order valence-electron chi connectivity index (χ0n) is 23.9. The molecule has 8 heteroatoms. The Labute approximate surface area is 240 Å². The van der Waals surface area contributed by atoms with Crippen molar-refractivity contribution < 1.29 is 14.0 Å². The summed E-state index contributed by atoms with van der Waals surface area (Å²) in [7, 11) is 0. The minimum absolute atomic E-state index is 0.165. The molecule has 0 fully saturated rings. The predicted molar refractivity (Wildman–Crippen MR) is 160 cm³/mol. The van der Waals surface area contributed by atoms with Crippen molar-refractivity contribution in [2.45, 2.75) is 78.4 Å². The molecule has 40 heavy (non-hydrogen) atoms. The summed E-state index contributed by atoms with van der Waals surface area (Å²) in [4.78, 5) is 32.8. The van der Waals surface area contributed by atoms with Crippen LogP contribution in [0.5, 0.6) is 0 Å². The van der Waals surface area contributed by atoms with E-state index in [9.17, 15) is 14.0 Å². The number of imidazole rings is 1. The molecule has 2 atom stereocenters. The van der Waals surface area contributed by atoms with E-state index in [-0.39, 0.29) is 23.5 Å². The van der Waals surface area contributed by atoms with Crippen LogP contribution in [0.2, 0.25) is 0 Å². The lowest BCUT2D eigenvalue weighted by Gasteiger charge is -2.23. The molecule has 2 aromatic heterocycles. The number of aromatic nitrogens is 2. The summed E-state index contributed by atoms with van der Waals surface area (Å²) in [5.74, 6) is 0.105. The fourth-order valence-electron chi connectivity index (χ4n) is 5.21. The van der Waals surface area contributed by atoms with E-state index in [1.807, 2.05) is 32.0 Å². The minimum Gasteiger partial charge on any atom is -0.348 e. The van der Waals surface area contributed by atoms with Gasteiger partial charge in [-0.3, -0.25) is 9.59 Å². The molecule has 4 aromatic rings. The van der Waals surface area contributed by atoms with Crippen LogP contribution in [-0.2, 0) is 11.2 Å². The van der Waals surface area contributed by atoms with Gasteiger partial charge in [-0.2, -0.15) is 0 Å². The van der Waals surface area contributed by atoms with Crippen LogP contribution in [0.3, 0.4) is 0 Å². The van der Waals surface area contributed by atoms with Crippen LogP contribution in [0.15, 0.2) is 60.0 Å². The smallest absolute Gasteiger partial charge is 0.252 e. The van der Waals surface area contributed by atoms with Crippen molar-refractivity contribution in [3.8, 4) is 0 Å². The maximum absolute atomic E-state index is 14.3. The van der Waals surface area contributed by atoms with Crippen molar-refractivity contribution >= 4 is 34.2 Å². The average molecular weight is 563 g/mol. The molecule has 0 bridgehead atoms. The molecule has 2 unspecified atom stereocenters. The van der Waals surface area contributed by atoms with Crippen LogP contribution in [0.25, 0.3) is 11.0 Å². The zero-order valence-corrected chi connectivity index (χ0v) is 24.7. The molecule has 0 spiro atoms. The number of carbonyl (C=O) groups excluding carboxylic acids is 2. The summed E-state index contributed by atoms with van der Waals surface area (Å²) in [5, 5.41) is 7.88. The van der Waals surface area contributed by atoms with E-state index in [4.69, 9.17) is 4.98 Å². The Morgan fingerprint density at radius 2 is 1.75 bits per heavy atom. The number of benzene rings is 2. The Hall–Kier alpha value is -3.52. The monoisotopic (exact) mass is 562 g/mol. The molecular formula is C32H39FN4O2S. The van der Waals surface area contributed by atoms with Crippen LogP contribution < -0.4 is 10.6 Å². The van der Waals surface area contributed by atoms with Crippen LogP contribution in [0.1, 0.15) is 92.6 Å². The normalized spacial score (nSPS) is 13.1. The first kappa shape index (κ1) is 29.5. The maximum Gasteiger partial charge on any atom is 0.252 e. The second kappa shape index (κ2) is 13.2. The quantitative estimate of drug-likeness (QED) is 0.192. The van der Waals surface area contributed by atoms with Gasteiger partial charge in [-0.15, -0.1) is 11.3 Å². The number of rotatable bonds is 12. The van der Waals surface area contributed by atoms with Gasteiger partial charge in [0.1, 0.15) is 17.7 Å². The summed E-state index contributed by atoms with van der Waals surface area (Å²) in [6, 6.07) is 15.2. The SMILES string of the molecule is CCC(CC)n1c(Cc2cccs2)nc2cc(C(=O)NC(CC(C)C)C(=O)NC(C)c3ccccc3F)ccc21. The van der Waals surface area contributed by atoms with Crippen molar-refractivity contribution in [3.63, 3.8) is 0 Å². The number of thiophene rings is 1. The second-order valence-electron chi connectivity index (χ2n) is 10.7. The number of carbonyl (C=O) groups is 2. The Morgan fingerprint density at radius 3 is 2.40 bits per heavy atom. The molecule has 6 nitrogen and oxygen atoms in total. The fraction of sp³-hybridized carbons (Fsp3) is 0.406. The molecule has 2 aromatic carbocycles. The molecule has 0 aliphatic rings. The summed E-state index contributed by atoms with van der Waals surface area (Å²) >= 11 is 1.71. The van der Waals surface area contributed by atoms with E-state index in [2.05, 4.69) is 40.5 Å². The van der Waals surface area contributed by atoms with Gasteiger partial charge in [0.05, 0.1) is 17.1 Å². The number of halogens is 1. The molecule has 0 radical (unpaired) electrons. The Bertz CT molecular complexity index is 1440. The third kappa shape index (κ3) is 6.78. The molecule has 0 aliphatic heterocycles. The van der Waals surface area contributed by atoms with Gasteiger partial charge < -0.3 is 15.2 Å². The molecule has 0 saturated heterocycles. The summed E-state index contributed by atoms with van der Waals surface area (Å²) < 4.78 is 16.6. The molecule has 2 N–H and O–H groups in total. The van der Waals surface area contributed by atoms with Gasteiger partial charge in [-0.05, 0) is 67.8 Å². The maximum atomic E-state index is 14.3. The molecule has 0 aliphatic carbocycles. The highest BCUT2D eigenvalue weighted by atomic mass is 32.1. The van der Waals surface area contributed by atoms with Gasteiger partial charge in [-0.1, -0.05) is 52.0 Å². The number of nitrogens with zero attached hydrogens (tertiary/aromatic N) is 2. The molecular weight excluding hydrogens is 523 g/mol. The zero-order chi connectivity index (χ0) is 28.8. The number of amides is 2. The van der Waals surface area contributed by atoms with Gasteiger partial charge in [0, 0.05) is 28.5 Å². The standard InChI is InChI=1S/C32H39FN4O2S/c1-6-23(7-2)37-29-15-14-22(18-27(29)35-30(37)19-24-11-10-16-40-24)31(38)36-28(17-20(3)4)32(39)34-21(5)25-12-8-9-13-26(25)33/h8-16,18,20-21,23,28H,6-7,17,19H2,1-5H3,(H,34,39)(H,36,38). The molecule has 0 saturated carbocycles. The average Bonchev–Trinajstić information content (AvgIpc) is 3.56. The number of hydrogen-bond donors (Lipinski definition) is 2. The molecule has 212 valence electrons. The predicted octanol–water partition coefficient (Wildman–Crippen LogP) is 7.21. The lowest BCUT2D eigenvalue weighted by atomic mass is 10.0. The first-order chi connectivity index (χ1) is 19.2. The highest BCUT2D eigenvalue weighted by molar-refractivity contribution is 7.09. The van der Waals surface area contributed by atoms with E-state index in [1.165, 1.54) is 10.9 Å². The molecule has 2 heterocycles. The van der Waals surface area contributed by atoms with Crippen molar-refractivity contribution in [3.05, 3.63) is 87.6 Å². The Balaban J connectivity index is 1.58. The van der Waals surface area contributed by atoms with Crippen LogP contribution in [-0.4, -0.2) is 27.4 Å². The van der Waals surface area contributed by atoms with Gasteiger partial charge in [0.15, 0.2) is 0 Å². The van der Waals surface area contributed by atoms with E-state index in [0.717, 1.165) is 36.1 Å². The van der Waals surface area contributed by atoms with Crippen molar-refractivity contribution in [2.75, 3.05) is 0 Å². The van der Waals surface area contributed by atoms with Gasteiger partial charge in [0.2, 0.25) is 5.91 Å². The van der Waals surface area contributed by atoms with Gasteiger partial charge in [0.25, 0.3) is 5.91 Å². The topological polar surface area (TPSA) is 76.0 Å². The van der Waals surface area contributed by atoms with Gasteiger partial charge in [-0.25, -0.2) is 9.37 Å². The van der Waals surface area contributed by atoms with E-state index in [1.54, 1.807) is 42.5 Å². The Kier molecular flexibility index (Phi) is 9.74. The summed E-state index contributed by atoms with van der Waals surface area (Å²) in [6.45, 7) is 10.1. The third-order valence-corrected chi connectivity index (χ3v) is 8.18.